The SMILES string of the molecule is Cc1ccc(C[C@H](C[C@H](O)[C@H](Cc2ccccc2)NC(=O)OC(C)(C)C)C(=O)N[C@@H]2c3ccccc3C[C@H]2O)cc1. The number of carbonyl (C=O) groups is 2. The second kappa shape index (κ2) is 13.3. The van der Waals surface area contributed by atoms with Crippen LogP contribution in [0.15, 0.2) is 78.9 Å². The Morgan fingerprint density at radius 1 is 0.927 bits per heavy atom. The van der Waals surface area contributed by atoms with Gasteiger partial charge in [0.1, 0.15) is 5.60 Å². The van der Waals surface area contributed by atoms with E-state index in [2.05, 4.69) is 10.6 Å². The van der Waals surface area contributed by atoms with Gasteiger partial charge in [-0.2, -0.15) is 0 Å². The molecule has 0 bridgehead atoms. The van der Waals surface area contributed by atoms with Gasteiger partial charge in [0.05, 0.1) is 24.3 Å². The predicted octanol–water partition coefficient (Wildman–Crippen LogP) is 4.82. The fraction of sp³-hybridized carbons (Fsp3) is 0.412. The first-order valence-electron chi connectivity index (χ1n) is 14.3. The number of aryl methyl sites for hydroxylation is 1. The average molecular weight is 559 g/mol. The van der Waals surface area contributed by atoms with Crippen molar-refractivity contribution in [3.63, 3.8) is 0 Å². The number of hydrogen-bond acceptors (Lipinski definition) is 5. The highest BCUT2D eigenvalue weighted by Crippen LogP contribution is 2.32. The first-order valence-corrected chi connectivity index (χ1v) is 14.3. The maximum Gasteiger partial charge on any atom is 0.407 e. The second-order valence-electron chi connectivity index (χ2n) is 12.1. The maximum atomic E-state index is 13.8. The van der Waals surface area contributed by atoms with E-state index in [-0.39, 0.29) is 12.3 Å². The minimum absolute atomic E-state index is 0.109. The Kier molecular flexibility index (Phi) is 9.84. The highest BCUT2D eigenvalue weighted by Gasteiger charge is 2.35. The molecule has 0 saturated heterocycles. The molecule has 0 aliphatic heterocycles. The lowest BCUT2D eigenvalue weighted by Crippen LogP contribution is -2.48. The van der Waals surface area contributed by atoms with Crippen molar-refractivity contribution in [1.82, 2.24) is 10.6 Å². The lowest BCUT2D eigenvalue weighted by Gasteiger charge is -2.29. The smallest absolute Gasteiger partial charge is 0.407 e. The summed E-state index contributed by atoms with van der Waals surface area (Å²) in [6.07, 6.45) is -1.02. The summed E-state index contributed by atoms with van der Waals surface area (Å²) < 4.78 is 5.48. The van der Waals surface area contributed by atoms with E-state index in [1.165, 1.54) is 0 Å². The number of ether oxygens (including phenoxy) is 1. The first-order chi connectivity index (χ1) is 19.5. The minimum Gasteiger partial charge on any atom is -0.444 e. The van der Waals surface area contributed by atoms with Gasteiger partial charge in [-0.05, 0) is 69.2 Å². The third kappa shape index (κ3) is 8.65. The number of alkyl carbamates (subject to hydrolysis) is 1. The normalized spacial score (nSPS) is 18.6. The van der Waals surface area contributed by atoms with E-state index in [1.54, 1.807) is 20.8 Å². The van der Waals surface area contributed by atoms with Gasteiger partial charge >= 0.3 is 6.09 Å². The summed E-state index contributed by atoms with van der Waals surface area (Å²) in [7, 11) is 0. The van der Waals surface area contributed by atoms with Gasteiger partial charge in [0.25, 0.3) is 0 Å². The van der Waals surface area contributed by atoms with Crippen LogP contribution in [0.25, 0.3) is 0 Å². The summed E-state index contributed by atoms with van der Waals surface area (Å²) in [6.45, 7) is 7.36. The molecule has 5 atom stereocenters. The van der Waals surface area contributed by atoms with Gasteiger partial charge in [-0.3, -0.25) is 4.79 Å². The summed E-state index contributed by atoms with van der Waals surface area (Å²) in [6, 6.07) is 24.1. The summed E-state index contributed by atoms with van der Waals surface area (Å²) >= 11 is 0. The van der Waals surface area contributed by atoms with E-state index in [0.29, 0.717) is 19.3 Å². The molecular formula is C34H42N2O5. The van der Waals surface area contributed by atoms with Gasteiger partial charge in [-0.15, -0.1) is 0 Å². The van der Waals surface area contributed by atoms with Crippen LogP contribution in [-0.2, 0) is 28.8 Å². The molecule has 0 heterocycles. The van der Waals surface area contributed by atoms with Crippen LogP contribution < -0.4 is 10.6 Å². The molecule has 0 saturated carbocycles. The number of benzene rings is 3. The predicted molar refractivity (Wildman–Crippen MR) is 159 cm³/mol. The topological polar surface area (TPSA) is 108 Å². The van der Waals surface area contributed by atoms with Crippen molar-refractivity contribution in [2.24, 2.45) is 5.92 Å². The molecule has 218 valence electrons. The van der Waals surface area contributed by atoms with E-state index in [1.807, 2.05) is 85.8 Å². The molecule has 1 aliphatic rings. The Hall–Kier alpha value is -3.68. The number of rotatable bonds is 10. The zero-order valence-corrected chi connectivity index (χ0v) is 24.3. The van der Waals surface area contributed by atoms with E-state index in [4.69, 9.17) is 4.74 Å². The largest absolute Gasteiger partial charge is 0.444 e. The fourth-order valence-corrected chi connectivity index (χ4v) is 5.38. The van der Waals surface area contributed by atoms with Gasteiger partial charge in [0.2, 0.25) is 5.91 Å². The maximum absolute atomic E-state index is 13.8. The molecule has 3 aromatic rings. The van der Waals surface area contributed by atoms with Gasteiger partial charge in [-0.25, -0.2) is 4.79 Å². The molecule has 4 rings (SSSR count). The van der Waals surface area contributed by atoms with Crippen molar-refractivity contribution in [2.45, 2.75) is 83.3 Å². The Balaban J connectivity index is 1.56. The standard InChI is InChI=1S/C34H42N2O5/c1-22-14-16-24(17-15-22)18-26(32(39)36-31-27-13-9-8-12-25(27)20-30(31)38)21-29(37)28(19-23-10-6-5-7-11-23)35-33(40)41-34(2,3)4/h5-17,26,28-31,37-38H,18-21H2,1-4H3,(H,35,40)(H,36,39)/t26-,28+,29+,30-,31-/m1/s1. The summed E-state index contributed by atoms with van der Waals surface area (Å²) in [4.78, 5) is 26.5. The molecule has 0 fully saturated rings. The summed E-state index contributed by atoms with van der Waals surface area (Å²) in [5.74, 6) is -0.854. The number of aliphatic hydroxyl groups excluding tert-OH is 2. The van der Waals surface area contributed by atoms with Crippen molar-refractivity contribution in [3.8, 4) is 0 Å². The first kappa shape index (κ1) is 30.3. The Morgan fingerprint density at radius 2 is 1.56 bits per heavy atom. The number of aliphatic hydroxyl groups is 2. The summed E-state index contributed by atoms with van der Waals surface area (Å²) in [5.41, 5.74) is 4.26. The molecule has 1 aliphatic carbocycles. The molecule has 2 amide bonds. The highest BCUT2D eigenvalue weighted by atomic mass is 16.6. The van der Waals surface area contributed by atoms with Crippen LogP contribution in [0.2, 0.25) is 0 Å². The molecule has 0 spiro atoms. The lowest BCUT2D eigenvalue weighted by molar-refractivity contribution is -0.127. The average Bonchev–Trinajstić information content (AvgIpc) is 3.23. The van der Waals surface area contributed by atoms with Crippen LogP contribution in [0.4, 0.5) is 4.79 Å². The van der Waals surface area contributed by atoms with Crippen molar-refractivity contribution >= 4 is 12.0 Å². The van der Waals surface area contributed by atoms with Crippen LogP contribution in [0.1, 0.15) is 61.1 Å². The van der Waals surface area contributed by atoms with Gasteiger partial charge < -0.3 is 25.6 Å². The molecular weight excluding hydrogens is 516 g/mol. The molecule has 3 aromatic carbocycles. The zero-order valence-electron chi connectivity index (χ0n) is 24.3. The van der Waals surface area contributed by atoms with E-state index in [9.17, 15) is 19.8 Å². The molecule has 7 heteroatoms. The number of fused-ring (bicyclic) bond motifs is 1. The highest BCUT2D eigenvalue weighted by molar-refractivity contribution is 5.80. The van der Waals surface area contributed by atoms with Crippen molar-refractivity contribution in [1.29, 1.82) is 0 Å². The molecule has 0 radical (unpaired) electrons. The lowest BCUT2D eigenvalue weighted by atomic mass is 9.88. The van der Waals surface area contributed by atoms with Crippen LogP contribution in [0.5, 0.6) is 0 Å². The van der Waals surface area contributed by atoms with Crippen LogP contribution in [0.3, 0.4) is 0 Å². The molecule has 4 N–H and O–H groups in total. The number of nitrogens with one attached hydrogen (secondary N) is 2. The quantitative estimate of drug-likeness (QED) is 0.286. The third-order valence-corrected chi connectivity index (χ3v) is 7.47. The minimum atomic E-state index is -1.04. The van der Waals surface area contributed by atoms with Crippen molar-refractivity contribution in [2.75, 3.05) is 0 Å². The monoisotopic (exact) mass is 558 g/mol. The Morgan fingerprint density at radius 3 is 2.24 bits per heavy atom. The Bertz CT molecular complexity index is 1300. The van der Waals surface area contributed by atoms with Gasteiger partial charge in [0.15, 0.2) is 0 Å². The van der Waals surface area contributed by atoms with E-state index >= 15 is 0 Å². The van der Waals surface area contributed by atoms with E-state index in [0.717, 1.165) is 27.8 Å². The molecule has 7 nitrogen and oxygen atoms in total. The Labute approximate surface area is 243 Å². The second-order valence-corrected chi connectivity index (χ2v) is 12.1. The molecule has 41 heavy (non-hydrogen) atoms. The number of carbonyl (C=O) groups excluding carboxylic acids is 2. The van der Waals surface area contributed by atoms with E-state index < -0.39 is 41.9 Å². The molecule has 0 unspecified atom stereocenters. The molecule has 0 aromatic heterocycles. The van der Waals surface area contributed by atoms with Crippen molar-refractivity contribution < 1.29 is 24.5 Å². The third-order valence-electron chi connectivity index (χ3n) is 7.47. The van der Waals surface area contributed by atoms with Crippen molar-refractivity contribution in [3.05, 3.63) is 107 Å². The number of amides is 2. The zero-order chi connectivity index (χ0) is 29.6. The van der Waals surface area contributed by atoms with Crippen LogP contribution >= 0.6 is 0 Å². The van der Waals surface area contributed by atoms with Gasteiger partial charge in [0, 0.05) is 12.3 Å². The van der Waals surface area contributed by atoms with Gasteiger partial charge in [-0.1, -0.05) is 84.4 Å². The summed E-state index contributed by atoms with van der Waals surface area (Å²) in [5, 5.41) is 28.2. The fourth-order valence-electron chi connectivity index (χ4n) is 5.38. The van der Waals surface area contributed by atoms with Crippen LogP contribution in [-0.4, -0.2) is 46.1 Å². The van der Waals surface area contributed by atoms with Crippen LogP contribution in [0, 0.1) is 12.8 Å². The number of hydrogen-bond donors (Lipinski definition) is 4.